The van der Waals surface area contributed by atoms with Crippen molar-refractivity contribution >= 4 is 39.1 Å². The molecule has 1 rings (SSSR count). The number of benzene rings is 1. The van der Waals surface area contributed by atoms with Crippen molar-refractivity contribution < 1.29 is 4.79 Å². The van der Waals surface area contributed by atoms with E-state index < -0.39 is 0 Å². The molecule has 0 aliphatic carbocycles. The molecule has 88 valence electrons. The monoisotopic (exact) mass is 304 g/mol. The van der Waals surface area contributed by atoms with Gasteiger partial charge in [0.1, 0.15) is 0 Å². The van der Waals surface area contributed by atoms with Crippen LogP contribution in [0.5, 0.6) is 0 Å². The summed E-state index contributed by atoms with van der Waals surface area (Å²) >= 11 is 9.26. The molecule has 1 amide bonds. The highest BCUT2D eigenvalue weighted by molar-refractivity contribution is 9.10. The van der Waals surface area contributed by atoms with Crippen molar-refractivity contribution in [2.75, 3.05) is 18.9 Å². The summed E-state index contributed by atoms with van der Waals surface area (Å²) < 4.78 is 0.710. The summed E-state index contributed by atoms with van der Waals surface area (Å²) in [6, 6.07) is 5.36. The fourth-order valence-electron chi connectivity index (χ4n) is 1.26. The highest BCUT2D eigenvalue weighted by atomic mass is 79.9. The number of anilines is 1. The molecule has 0 aliphatic heterocycles. The first-order valence-corrected chi connectivity index (χ1v) is 6.12. The Kier molecular flexibility index (Phi) is 5.25. The number of amides is 1. The third-order valence-electron chi connectivity index (χ3n) is 2.17. The van der Waals surface area contributed by atoms with E-state index in [1.54, 1.807) is 18.2 Å². The van der Waals surface area contributed by atoms with Crippen molar-refractivity contribution in [3.63, 3.8) is 0 Å². The van der Waals surface area contributed by atoms with Crippen LogP contribution in [0.1, 0.15) is 6.92 Å². The van der Waals surface area contributed by atoms with Crippen LogP contribution in [0, 0.1) is 5.92 Å². The first-order chi connectivity index (χ1) is 7.56. The molecule has 0 saturated heterocycles. The lowest BCUT2D eigenvalue weighted by molar-refractivity contribution is -0.119. The summed E-state index contributed by atoms with van der Waals surface area (Å²) in [5, 5.41) is 6.37. The van der Waals surface area contributed by atoms with E-state index in [9.17, 15) is 4.79 Å². The van der Waals surface area contributed by atoms with Gasteiger partial charge in [-0.25, -0.2) is 0 Å². The summed E-state index contributed by atoms with van der Waals surface area (Å²) in [6.45, 7) is 2.51. The lowest BCUT2D eigenvalue weighted by Crippen LogP contribution is -2.28. The molecule has 1 unspecified atom stereocenters. The second kappa shape index (κ2) is 6.23. The third kappa shape index (κ3) is 3.47. The van der Waals surface area contributed by atoms with E-state index in [1.807, 2.05) is 14.0 Å². The summed E-state index contributed by atoms with van der Waals surface area (Å²) in [5.41, 5.74) is 0.695. The molecule has 1 aromatic carbocycles. The molecule has 0 saturated carbocycles. The quantitative estimate of drug-likeness (QED) is 0.898. The Morgan fingerprint density at radius 3 is 2.88 bits per heavy atom. The predicted molar refractivity (Wildman–Crippen MR) is 70.9 cm³/mol. The molecule has 0 fully saturated rings. The maximum absolute atomic E-state index is 11.8. The van der Waals surface area contributed by atoms with Gasteiger partial charge in [-0.1, -0.05) is 24.6 Å². The molecule has 3 nitrogen and oxygen atoms in total. The SMILES string of the molecule is CNCC(C)C(=O)Nc1cccc(Cl)c1Br. The molecule has 0 bridgehead atoms. The van der Waals surface area contributed by atoms with Gasteiger partial charge in [0.05, 0.1) is 15.2 Å². The molecule has 0 spiro atoms. The van der Waals surface area contributed by atoms with Crippen LogP contribution in [0.3, 0.4) is 0 Å². The zero-order valence-corrected chi connectivity index (χ0v) is 11.5. The molecule has 0 aliphatic rings. The van der Waals surface area contributed by atoms with Gasteiger partial charge in [0.25, 0.3) is 0 Å². The highest BCUT2D eigenvalue weighted by Gasteiger charge is 2.13. The minimum Gasteiger partial charge on any atom is -0.325 e. The van der Waals surface area contributed by atoms with Gasteiger partial charge in [0.15, 0.2) is 0 Å². The predicted octanol–water partition coefficient (Wildman–Crippen LogP) is 2.90. The van der Waals surface area contributed by atoms with Crippen LogP contribution in [0.25, 0.3) is 0 Å². The summed E-state index contributed by atoms with van der Waals surface area (Å²) in [7, 11) is 1.82. The maximum atomic E-state index is 11.8. The van der Waals surface area contributed by atoms with Crippen LogP contribution >= 0.6 is 27.5 Å². The van der Waals surface area contributed by atoms with Gasteiger partial charge in [0.2, 0.25) is 5.91 Å². The molecule has 1 atom stereocenters. The summed E-state index contributed by atoms with van der Waals surface area (Å²) in [4.78, 5) is 11.8. The zero-order valence-electron chi connectivity index (χ0n) is 9.18. The molecular formula is C11H14BrClN2O. The van der Waals surface area contributed by atoms with Crippen molar-refractivity contribution in [2.45, 2.75) is 6.92 Å². The van der Waals surface area contributed by atoms with E-state index >= 15 is 0 Å². The molecule has 1 aromatic rings. The largest absolute Gasteiger partial charge is 0.325 e. The first-order valence-electron chi connectivity index (χ1n) is 4.95. The number of hydrogen-bond acceptors (Lipinski definition) is 2. The summed E-state index contributed by atoms with van der Waals surface area (Å²) in [5.74, 6) is -0.117. The average molecular weight is 306 g/mol. The van der Waals surface area contributed by atoms with E-state index in [4.69, 9.17) is 11.6 Å². The van der Waals surface area contributed by atoms with Gasteiger partial charge in [-0.2, -0.15) is 0 Å². The second-order valence-corrected chi connectivity index (χ2v) is 4.75. The Morgan fingerprint density at radius 2 is 2.25 bits per heavy atom. The molecular weight excluding hydrogens is 291 g/mol. The van der Waals surface area contributed by atoms with E-state index in [1.165, 1.54) is 0 Å². The second-order valence-electron chi connectivity index (χ2n) is 3.55. The number of nitrogens with one attached hydrogen (secondary N) is 2. The van der Waals surface area contributed by atoms with E-state index in [0.717, 1.165) is 0 Å². The van der Waals surface area contributed by atoms with Gasteiger partial charge < -0.3 is 10.6 Å². The fraction of sp³-hybridized carbons (Fsp3) is 0.364. The van der Waals surface area contributed by atoms with Crippen molar-refractivity contribution in [1.82, 2.24) is 5.32 Å². The smallest absolute Gasteiger partial charge is 0.228 e. The zero-order chi connectivity index (χ0) is 12.1. The standard InChI is InChI=1S/C11H14BrClN2O/c1-7(6-14-2)11(16)15-9-5-3-4-8(13)10(9)12/h3-5,7,14H,6H2,1-2H3,(H,15,16). The average Bonchev–Trinajstić information content (AvgIpc) is 2.25. The summed E-state index contributed by atoms with van der Waals surface area (Å²) in [6.07, 6.45) is 0. The van der Waals surface area contributed by atoms with Crippen molar-refractivity contribution in [3.05, 3.63) is 27.7 Å². The Labute approximate surface area is 109 Å². The van der Waals surface area contributed by atoms with Crippen molar-refractivity contribution in [1.29, 1.82) is 0 Å². The molecule has 0 heterocycles. The first kappa shape index (κ1) is 13.5. The number of carbonyl (C=O) groups is 1. The van der Waals surface area contributed by atoms with E-state index in [0.29, 0.717) is 21.7 Å². The molecule has 2 N–H and O–H groups in total. The normalized spacial score (nSPS) is 12.2. The van der Waals surface area contributed by atoms with Crippen LogP contribution in [0.15, 0.2) is 22.7 Å². The van der Waals surface area contributed by atoms with Gasteiger partial charge in [0, 0.05) is 12.5 Å². The fourth-order valence-corrected chi connectivity index (χ4v) is 1.79. The lowest BCUT2D eigenvalue weighted by atomic mass is 10.1. The van der Waals surface area contributed by atoms with Crippen LogP contribution in [0.2, 0.25) is 5.02 Å². The van der Waals surface area contributed by atoms with E-state index in [2.05, 4.69) is 26.6 Å². The topological polar surface area (TPSA) is 41.1 Å². The number of rotatable bonds is 4. The highest BCUT2D eigenvalue weighted by Crippen LogP contribution is 2.30. The Hall–Kier alpha value is -0.580. The van der Waals surface area contributed by atoms with Gasteiger partial charge in [-0.05, 0) is 35.1 Å². The van der Waals surface area contributed by atoms with Gasteiger partial charge >= 0.3 is 0 Å². The number of halogens is 2. The molecule has 16 heavy (non-hydrogen) atoms. The van der Waals surface area contributed by atoms with E-state index in [-0.39, 0.29) is 11.8 Å². The maximum Gasteiger partial charge on any atom is 0.228 e. The van der Waals surface area contributed by atoms with Crippen LogP contribution < -0.4 is 10.6 Å². The molecule has 0 radical (unpaired) electrons. The van der Waals surface area contributed by atoms with Gasteiger partial charge in [-0.15, -0.1) is 0 Å². The third-order valence-corrected chi connectivity index (χ3v) is 3.56. The Morgan fingerprint density at radius 1 is 1.56 bits per heavy atom. The van der Waals surface area contributed by atoms with Gasteiger partial charge in [-0.3, -0.25) is 4.79 Å². The Bertz CT molecular complexity index is 384. The minimum atomic E-state index is -0.0871. The van der Waals surface area contributed by atoms with Crippen molar-refractivity contribution in [3.8, 4) is 0 Å². The minimum absolute atomic E-state index is 0.0303. The van der Waals surface area contributed by atoms with Crippen LogP contribution in [-0.2, 0) is 4.79 Å². The number of carbonyl (C=O) groups excluding carboxylic acids is 1. The Balaban J connectivity index is 2.73. The molecule has 0 aromatic heterocycles. The lowest BCUT2D eigenvalue weighted by Gasteiger charge is -2.13. The van der Waals surface area contributed by atoms with Crippen LogP contribution in [-0.4, -0.2) is 19.5 Å². The molecule has 5 heteroatoms. The van der Waals surface area contributed by atoms with Crippen LogP contribution in [0.4, 0.5) is 5.69 Å². The number of hydrogen-bond donors (Lipinski definition) is 2. The van der Waals surface area contributed by atoms with Crippen molar-refractivity contribution in [2.24, 2.45) is 5.92 Å².